The highest BCUT2D eigenvalue weighted by Crippen LogP contribution is 2.13. The molecule has 0 amide bonds. The number of nitrogens with zero attached hydrogens (tertiary/aromatic N) is 1. The summed E-state index contributed by atoms with van der Waals surface area (Å²) in [4.78, 5) is 2.63. The first kappa shape index (κ1) is 14.5. The van der Waals surface area contributed by atoms with Crippen molar-refractivity contribution in [3.63, 3.8) is 0 Å². The molecule has 1 heterocycles. The molecule has 1 aromatic rings. The molecule has 2 nitrogen and oxygen atoms in total. The topological polar surface area (TPSA) is 15.3 Å². The largest absolute Gasteiger partial charge is 0.310 e. The van der Waals surface area contributed by atoms with Gasteiger partial charge in [0.15, 0.2) is 0 Å². The number of benzene rings is 1. The highest BCUT2D eigenvalue weighted by atomic mass is 15.1. The van der Waals surface area contributed by atoms with Crippen molar-refractivity contribution in [2.75, 3.05) is 26.2 Å². The highest BCUT2D eigenvalue weighted by Gasteiger charge is 2.14. The summed E-state index contributed by atoms with van der Waals surface area (Å²) in [7, 11) is 0. The zero-order valence-electron chi connectivity index (χ0n) is 12.4. The molecule has 0 aliphatic carbocycles. The molecule has 1 aromatic carbocycles. The van der Waals surface area contributed by atoms with Crippen molar-refractivity contribution in [2.24, 2.45) is 5.92 Å². The fourth-order valence-corrected chi connectivity index (χ4v) is 2.88. The molecule has 106 valence electrons. The van der Waals surface area contributed by atoms with Crippen molar-refractivity contribution in [1.82, 2.24) is 10.2 Å². The highest BCUT2D eigenvalue weighted by molar-refractivity contribution is 5.17. The monoisotopic (exact) mass is 260 g/mol. The van der Waals surface area contributed by atoms with Gasteiger partial charge in [0.1, 0.15) is 0 Å². The van der Waals surface area contributed by atoms with E-state index in [9.17, 15) is 0 Å². The fraction of sp³-hybridized carbons (Fsp3) is 0.647. The van der Waals surface area contributed by atoms with Gasteiger partial charge in [0.2, 0.25) is 0 Å². The van der Waals surface area contributed by atoms with Crippen molar-refractivity contribution >= 4 is 0 Å². The van der Waals surface area contributed by atoms with Crippen LogP contribution in [0.4, 0.5) is 0 Å². The van der Waals surface area contributed by atoms with Gasteiger partial charge in [0.05, 0.1) is 0 Å². The number of likely N-dealkylation sites (tertiary alicyclic amines) is 1. The number of nitrogens with one attached hydrogen (secondary N) is 1. The van der Waals surface area contributed by atoms with Gasteiger partial charge in [-0.15, -0.1) is 0 Å². The molecule has 2 rings (SSSR count). The minimum Gasteiger partial charge on any atom is -0.310 e. The Labute approximate surface area is 118 Å². The molecule has 1 aliphatic heterocycles. The summed E-state index contributed by atoms with van der Waals surface area (Å²) < 4.78 is 0. The third-order valence-corrected chi connectivity index (χ3v) is 4.09. The number of hydrogen-bond acceptors (Lipinski definition) is 2. The van der Waals surface area contributed by atoms with Gasteiger partial charge >= 0.3 is 0 Å². The molecular weight excluding hydrogens is 232 g/mol. The Morgan fingerprint density at radius 3 is 2.42 bits per heavy atom. The van der Waals surface area contributed by atoms with Crippen LogP contribution >= 0.6 is 0 Å². The van der Waals surface area contributed by atoms with E-state index in [1.807, 2.05) is 0 Å². The van der Waals surface area contributed by atoms with E-state index in [1.165, 1.54) is 44.5 Å². The zero-order chi connectivity index (χ0) is 13.5. The van der Waals surface area contributed by atoms with E-state index in [0.29, 0.717) is 6.04 Å². The average molecular weight is 260 g/mol. The molecule has 1 fully saturated rings. The van der Waals surface area contributed by atoms with Gasteiger partial charge in [0.25, 0.3) is 0 Å². The Kier molecular flexibility index (Phi) is 5.87. The predicted molar refractivity (Wildman–Crippen MR) is 82.3 cm³/mol. The Morgan fingerprint density at radius 2 is 1.74 bits per heavy atom. The van der Waals surface area contributed by atoms with E-state index >= 15 is 0 Å². The molecule has 1 N–H and O–H groups in total. The molecule has 2 unspecified atom stereocenters. The van der Waals surface area contributed by atoms with Crippen LogP contribution in [0.1, 0.15) is 44.7 Å². The third kappa shape index (κ3) is 4.96. The van der Waals surface area contributed by atoms with Gasteiger partial charge < -0.3 is 10.2 Å². The van der Waals surface area contributed by atoms with Gasteiger partial charge in [-0.2, -0.15) is 0 Å². The maximum absolute atomic E-state index is 3.66. The van der Waals surface area contributed by atoms with Crippen LogP contribution in [-0.4, -0.2) is 31.1 Å². The van der Waals surface area contributed by atoms with Crippen molar-refractivity contribution in [2.45, 2.75) is 39.2 Å². The second kappa shape index (κ2) is 7.66. The molecular formula is C17H28N2. The lowest BCUT2D eigenvalue weighted by Gasteiger charge is -2.29. The summed E-state index contributed by atoms with van der Waals surface area (Å²) in [6, 6.07) is 11.2. The van der Waals surface area contributed by atoms with E-state index in [0.717, 1.165) is 12.5 Å². The molecule has 2 atom stereocenters. The van der Waals surface area contributed by atoms with Crippen LogP contribution in [0.5, 0.6) is 0 Å². The second-order valence-electron chi connectivity index (χ2n) is 6.01. The fourth-order valence-electron chi connectivity index (χ4n) is 2.88. The predicted octanol–water partition coefficient (Wildman–Crippen LogP) is 3.46. The maximum Gasteiger partial charge on any atom is 0.0291 e. The van der Waals surface area contributed by atoms with E-state index in [1.54, 1.807) is 0 Å². The van der Waals surface area contributed by atoms with Crippen molar-refractivity contribution in [3.05, 3.63) is 35.9 Å². The van der Waals surface area contributed by atoms with Crippen LogP contribution in [0, 0.1) is 5.92 Å². The summed E-state index contributed by atoms with van der Waals surface area (Å²) in [5.74, 6) is 0.726. The standard InChI is InChI=1S/C17H28N2/c1-15(14-19-11-7-4-8-12-19)13-18-16(2)17-9-5-3-6-10-17/h3,5-6,9-10,15-16,18H,4,7-8,11-14H2,1-2H3. The summed E-state index contributed by atoms with van der Waals surface area (Å²) in [6.07, 6.45) is 4.20. The van der Waals surface area contributed by atoms with Gasteiger partial charge in [-0.25, -0.2) is 0 Å². The summed E-state index contributed by atoms with van der Waals surface area (Å²) in [5, 5.41) is 3.66. The van der Waals surface area contributed by atoms with Crippen LogP contribution in [0.25, 0.3) is 0 Å². The van der Waals surface area contributed by atoms with E-state index in [-0.39, 0.29) is 0 Å². The van der Waals surface area contributed by atoms with Gasteiger partial charge in [-0.1, -0.05) is 43.7 Å². The molecule has 0 radical (unpaired) electrons. The first-order valence-corrected chi connectivity index (χ1v) is 7.76. The zero-order valence-corrected chi connectivity index (χ0v) is 12.4. The van der Waals surface area contributed by atoms with Crippen molar-refractivity contribution in [1.29, 1.82) is 0 Å². The molecule has 0 saturated carbocycles. The molecule has 1 aliphatic rings. The lowest BCUT2D eigenvalue weighted by molar-refractivity contribution is 0.197. The Balaban J connectivity index is 1.69. The van der Waals surface area contributed by atoms with Gasteiger partial charge in [-0.05, 0) is 50.9 Å². The summed E-state index contributed by atoms with van der Waals surface area (Å²) in [5.41, 5.74) is 1.38. The summed E-state index contributed by atoms with van der Waals surface area (Å²) >= 11 is 0. The molecule has 0 spiro atoms. The van der Waals surface area contributed by atoms with E-state index in [2.05, 4.69) is 54.4 Å². The normalized spacial score (nSPS) is 20.1. The number of rotatable bonds is 6. The van der Waals surface area contributed by atoms with Crippen LogP contribution in [-0.2, 0) is 0 Å². The maximum atomic E-state index is 3.66. The first-order valence-electron chi connectivity index (χ1n) is 7.76. The van der Waals surface area contributed by atoms with E-state index in [4.69, 9.17) is 0 Å². The summed E-state index contributed by atoms with van der Waals surface area (Å²) in [6.45, 7) is 9.57. The van der Waals surface area contributed by atoms with Gasteiger partial charge in [-0.3, -0.25) is 0 Å². The first-order chi connectivity index (χ1) is 9.25. The van der Waals surface area contributed by atoms with Crippen LogP contribution in [0.2, 0.25) is 0 Å². The van der Waals surface area contributed by atoms with Gasteiger partial charge in [0, 0.05) is 12.6 Å². The lowest BCUT2D eigenvalue weighted by Crippen LogP contribution is -2.37. The molecule has 1 saturated heterocycles. The third-order valence-electron chi connectivity index (χ3n) is 4.09. The number of hydrogen-bond donors (Lipinski definition) is 1. The minimum absolute atomic E-state index is 0.449. The number of piperidine rings is 1. The smallest absolute Gasteiger partial charge is 0.0291 e. The molecule has 19 heavy (non-hydrogen) atoms. The van der Waals surface area contributed by atoms with Crippen LogP contribution < -0.4 is 5.32 Å². The van der Waals surface area contributed by atoms with E-state index < -0.39 is 0 Å². The molecule has 0 aromatic heterocycles. The van der Waals surface area contributed by atoms with Crippen molar-refractivity contribution < 1.29 is 0 Å². The SMILES string of the molecule is CC(CNC(C)c1ccccc1)CN1CCCCC1. The Morgan fingerprint density at radius 1 is 1.05 bits per heavy atom. The quantitative estimate of drug-likeness (QED) is 0.842. The Bertz CT molecular complexity index is 344. The minimum atomic E-state index is 0.449. The average Bonchev–Trinajstić information content (AvgIpc) is 2.47. The molecule has 0 bridgehead atoms. The lowest BCUT2D eigenvalue weighted by atomic mass is 10.1. The second-order valence-corrected chi connectivity index (χ2v) is 6.01. The van der Waals surface area contributed by atoms with Crippen LogP contribution in [0.15, 0.2) is 30.3 Å². The van der Waals surface area contributed by atoms with Crippen LogP contribution in [0.3, 0.4) is 0 Å². The Hall–Kier alpha value is -0.860. The molecule has 2 heteroatoms. The van der Waals surface area contributed by atoms with Crippen molar-refractivity contribution in [3.8, 4) is 0 Å².